The number of nitrogens with one attached hydrogen (secondary N) is 1. The Kier molecular flexibility index (Phi) is 4.25. The van der Waals surface area contributed by atoms with Crippen molar-refractivity contribution in [3.05, 3.63) is 33.8 Å². The van der Waals surface area contributed by atoms with E-state index >= 15 is 0 Å². The average molecular weight is 329 g/mol. The van der Waals surface area contributed by atoms with Gasteiger partial charge in [-0.05, 0) is 43.2 Å². The second-order valence-corrected chi connectivity index (χ2v) is 7.72. The van der Waals surface area contributed by atoms with Gasteiger partial charge in [0.05, 0.1) is 11.4 Å². The Balaban J connectivity index is 2.23. The first kappa shape index (κ1) is 16.2. The number of nitrogens with zero attached hydrogens (tertiary/aromatic N) is 2. The van der Waals surface area contributed by atoms with Crippen molar-refractivity contribution in [1.29, 1.82) is 0 Å². The number of aryl methyl sites for hydroxylation is 2. The lowest BCUT2D eigenvalue weighted by Gasteiger charge is -2.22. The quantitative estimate of drug-likeness (QED) is 0.865. The lowest BCUT2D eigenvalue weighted by molar-refractivity contribution is 0.0632. The summed E-state index contributed by atoms with van der Waals surface area (Å²) in [6, 6.07) is 1.78. The molecule has 1 unspecified atom stereocenters. The summed E-state index contributed by atoms with van der Waals surface area (Å²) in [5, 5.41) is 18.1. The van der Waals surface area contributed by atoms with Gasteiger partial charge in [0, 0.05) is 13.6 Å². The van der Waals surface area contributed by atoms with E-state index in [1.165, 1.54) is 16.0 Å². The van der Waals surface area contributed by atoms with Crippen molar-refractivity contribution in [3.63, 3.8) is 0 Å². The molecular formula is C13H19N3O3S2. The fraction of sp³-hybridized carbons (Fsp3) is 0.462. The van der Waals surface area contributed by atoms with Gasteiger partial charge in [-0.25, -0.2) is 13.1 Å². The molecule has 0 aromatic carbocycles. The number of rotatable bonds is 5. The number of aliphatic hydroxyl groups is 1. The minimum Gasteiger partial charge on any atom is -0.384 e. The molecule has 8 heteroatoms. The van der Waals surface area contributed by atoms with E-state index in [2.05, 4.69) is 9.82 Å². The molecule has 6 nitrogen and oxygen atoms in total. The van der Waals surface area contributed by atoms with Crippen LogP contribution in [0.15, 0.2) is 21.7 Å². The molecule has 0 amide bonds. The summed E-state index contributed by atoms with van der Waals surface area (Å²) in [6.45, 7) is 4.84. The van der Waals surface area contributed by atoms with Gasteiger partial charge in [0.2, 0.25) is 10.0 Å². The highest BCUT2D eigenvalue weighted by molar-refractivity contribution is 7.89. The number of hydrogen-bond acceptors (Lipinski definition) is 5. The van der Waals surface area contributed by atoms with Gasteiger partial charge in [0.1, 0.15) is 10.5 Å². The molecule has 0 fully saturated rings. The van der Waals surface area contributed by atoms with Gasteiger partial charge in [-0.1, -0.05) is 0 Å². The van der Waals surface area contributed by atoms with E-state index in [4.69, 9.17) is 0 Å². The number of sulfonamides is 1. The summed E-state index contributed by atoms with van der Waals surface area (Å²) >= 11 is 1.45. The summed E-state index contributed by atoms with van der Waals surface area (Å²) in [7, 11) is -2.02. The third-order valence-electron chi connectivity index (χ3n) is 3.46. The summed E-state index contributed by atoms with van der Waals surface area (Å²) in [6.07, 6.45) is 0. The molecule has 116 valence electrons. The SMILES string of the molecule is Cc1nn(C)c(C)c1S(=O)(=O)NCC(C)(O)c1ccsc1. The van der Waals surface area contributed by atoms with E-state index in [-0.39, 0.29) is 11.4 Å². The molecule has 0 aliphatic heterocycles. The van der Waals surface area contributed by atoms with Crippen LogP contribution in [0.4, 0.5) is 0 Å². The molecule has 0 aliphatic carbocycles. The number of thiophene rings is 1. The summed E-state index contributed by atoms with van der Waals surface area (Å²) < 4.78 is 28.9. The third kappa shape index (κ3) is 3.18. The first-order valence-corrected chi connectivity index (χ1v) is 8.82. The predicted molar refractivity (Wildman–Crippen MR) is 81.8 cm³/mol. The van der Waals surface area contributed by atoms with Crippen LogP contribution < -0.4 is 4.72 Å². The highest BCUT2D eigenvalue weighted by atomic mass is 32.2. The number of hydrogen-bond donors (Lipinski definition) is 2. The van der Waals surface area contributed by atoms with Crippen LogP contribution >= 0.6 is 11.3 Å². The molecule has 2 rings (SSSR count). The van der Waals surface area contributed by atoms with Crippen molar-refractivity contribution in [1.82, 2.24) is 14.5 Å². The minimum atomic E-state index is -3.71. The molecule has 2 aromatic rings. The zero-order valence-electron chi connectivity index (χ0n) is 12.4. The normalized spacial score (nSPS) is 15.1. The predicted octanol–water partition coefficient (Wildman–Crippen LogP) is 1.28. The first-order chi connectivity index (χ1) is 9.65. The molecule has 0 spiro atoms. The van der Waals surface area contributed by atoms with Crippen molar-refractivity contribution in [2.45, 2.75) is 31.3 Å². The molecular weight excluding hydrogens is 310 g/mol. The van der Waals surface area contributed by atoms with Crippen LogP contribution in [-0.2, 0) is 22.7 Å². The Hall–Kier alpha value is -1.22. The maximum absolute atomic E-state index is 12.4. The molecule has 0 bridgehead atoms. The summed E-state index contributed by atoms with van der Waals surface area (Å²) in [5.41, 5.74) is 0.444. The Labute approximate surface area is 128 Å². The third-order valence-corrected chi connectivity index (χ3v) is 5.80. The van der Waals surface area contributed by atoms with E-state index in [0.29, 0.717) is 17.0 Å². The van der Waals surface area contributed by atoms with Crippen LogP contribution in [0, 0.1) is 13.8 Å². The van der Waals surface area contributed by atoms with Gasteiger partial charge in [0.15, 0.2) is 0 Å². The second-order valence-electron chi connectivity index (χ2n) is 5.23. The topological polar surface area (TPSA) is 84.2 Å². The lowest BCUT2D eigenvalue weighted by atomic mass is 10.0. The zero-order valence-corrected chi connectivity index (χ0v) is 14.0. The molecule has 21 heavy (non-hydrogen) atoms. The molecule has 1 atom stereocenters. The van der Waals surface area contributed by atoms with E-state index < -0.39 is 15.6 Å². The Morgan fingerprint density at radius 2 is 2.14 bits per heavy atom. The van der Waals surface area contributed by atoms with Gasteiger partial charge in [-0.15, -0.1) is 0 Å². The van der Waals surface area contributed by atoms with Gasteiger partial charge >= 0.3 is 0 Å². The largest absolute Gasteiger partial charge is 0.384 e. The number of aromatic nitrogens is 2. The fourth-order valence-electron chi connectivity index (χ4n) is 2.12. The molecule has 2 N–H and O–H groups in total. The van der Waals surface area contributed by atoms with E-state index in [1.54, 1.807) is 39.3 Å². The van der Waals surface area contributed by atoms with E-state index in [1.807, 2.05) is 5.38 Å². The Bertz CT molecular complexity index is 731. The average Bonchev–Trinajstić information content (AvgIpc) is 2.98. The molecule has 0 radical (unpaired) electrons. The maximum Gasteiger partial charge on any atom is 0.244 e. The highest BCUT2D eigenvalue weighted by Crippen LogP contribution is 2.24. The van der Waals surface area contributed by atoms with Crippen LogP contribution in [0.5, 0.6) is 0 Å². The summed E-state index contributed by atoms with van der Waals surface area (Å²) in [5.74, 6) is 0. The van der Waals surface area contributed by atoms with E-state index in [0.717, 1.165) is 0 Å². The van der Waals surface area contributed by atoms with E-state index in [9.17, 15) is 13.5 Å². The Morgan fingerprint density at radius 1 is 1.48 bits per heavy atom. The van der Waals surface area contributed by atoms with Gasteiger partial charge < -0.3 is 5.11 Å². The zero-order chi connectivity index (χ0) is 15.8. The van der Waals surface area contributed by atoms with Gasteiger partial charge in [-0.3, -0.25) is 4.68 Å². The van der Waals surface area contributed by atoms with Crippen LogP contribution in [0.2, 0.25) is 0 Å². The Morgan fingerprint density at radius 3 is 2.62 bits per heavy atom. The minimum absolute atomic E-state index is 0.0974. The van der Waals surface area contributed by atoms with Crippen molar-refractivity contribution < 1.29 is 13.5 Å². The smallest absolute Gasteiger partial charge is 0.244 e. The van der Waals surface area contributed by atoms with Gasteiger partial charge in [-0.2, -0.15) is 16.4 Å². The molecule has 2 aromatic heterocycles. The van der Waals surface area contributed by atoms with Gasteiger partial charge in [0.25, 0.3) is 0 Å². The van der Waals surface area contributed by atoms with Crippen LogP contribution in [-0.4, -0.2) is 29.8 Å². The van der Waals surface area contributed by atoms with Crippen molar-refractivity contribution in [2.24, 2.45) is 7.05 Å². The van der Waals surface area contributed by atoms with Crippen LogP contribution in [0.25, 0.3) is 0 Å². The van der Waals surface area contributed by atoms with Crippen LogP contribution in [0.3, 0.4) is 0 Å². The molecule has 0 aliphatic rings. The van der Waals surface area contributed by atoms with Crippen molar-refractivity contribution in [2.75, 3.05) is 6.54 Å². The van der Waals surface area contributed by atoms with Crippen LogP contribution in [0.1, 0.15) is 23.9 Å². The van der Waals surface area contributed by atoms with Crippen molar-refractivity contribution in [3.8, 4) is 0 Å². The highest BCUT2D eigenvalue weighted by Gasteiger charge is 2.29. The first-order valence-electron chi connectivity index (χ1n) is 6.40. The standard InChI is InChI=1S/C13H19N3O3S2/c1-9-12(10(2)16(4)15-9)21(18,19)14-8-13(3,17)11-5-6-20-7-11/h5-7,14,17H,8H2,1-4H3. The lowest BCUT2D eigenvalue weighted by Crippen LogP contribution is -2.38. The molecule has 0 saturated carbocycles. The van der Waals surface area contributed by atoms with Crippen molar-refractivity contribution >= 4 is 21.4 Å². The molecule has 2 heterocycles. The fourth-order valence-corrected chi connectivity index (χ4v) is 4.47. The second kappa shape index (κ2) is 5.53. The maximum atomic E-state index is 12.4. The molecule has 0 saturated heterocycles. The summed E-state index contributed by atoms with van der Waals surface area (Å²) in [4.78, 5) is 0.172. The monoisotopic (exact) mass is 329 g/mol.